The zero-order valence-electron chi connectivity index (χ0n) is 22.7. The second-order valence-corrected chi connectivity index (χ2v) is 11.2. The van der Waals surface area contributed by atoms with Gasteiger partial charge in [-0.15, -0.1) is 0 Å². The fraction of sp³-hybridized carbons (Fsp3) is 0.125. The van der Waals surface area contributed by atoms with Crippen LogP contribution in [0.5, 0.6) is 11.5 Å². The van der Waals surface area contributed by atoms with Gasteiger partial charge >= 0.3 is 5.91 Å². The van der Waals surface area contributed by atoms with Crippen LogP contribution in [0.15, 0.2) is 98.9 Å². The Morgan fingerprint density at radius 2 is 1.69 bits per heavy atom. The smallest absolute Gasteiger partial charge is 0.307 e. The van der Waals surface area contributed by atoms with E-state index >= 15 is 0 Å². The molecule has 7 nitrogen and oxygen atoms in total. The van der Waals surface area contributed by atoms with E-state index in [1.54, 1.807) is 30.3 Å². The normalized spacial score (nSPS) is 11.2. The van der Waals surface area contributed by atoms with Crippen LogP contribution in [-0.2, 0) is 13.2 Å². The molecule has 0 atom stereocenters. The maximum absolute atomic E-state index is 12.6. The van der Waals surface area contributed by atoms with Gasteiger partial charge in [0.1, 0.15) is 30.5 Å². The molecule has 5 aromatic rings. The van der Waals surface area contributed by atoms with Gasteiger partial charge in [0.15, 0.2) is 5.76 Å². The topological polar surface area (TPSA) is 78.0 Å². The Morgan fingerprint density at radius 1 is 0.929 bits per heavy atom. The van der Waals surface area contributed by atoms with Gasteiger partial charge < -0.3 is 18.5 Å². The summed E-state index contributed by atoms with van der Waals surface area (Å²) in [7, 11) is 0. The average Bonchev–Trinajstić information content (AvgIpc) is 3.58. The second kappa shape index (κ2) is 13.3. The highest BCUT2D eigenvalue weighted by molar-refractivity contribution is 9.10. The number of aryl methyl sites for hydroxylation is 2. The summed E-state index contributed by atoms with van der Waals surface area (Å²) in [6, 6.07) is 26.0. The molecule has 5 rings (SSSR count). The van der Waals surface area contributed by atoms with E-state index in [0.29, 0.717) is 32.9 Å². The predicted molar refractivity (Wildman–Crippen MR) is 168 cm³/mol. The van der Waals surface area contributed by atoms with Crippen molar-refractivity contribution >= 4 is 51.3 Å². The van der Waals surface area contributed by atoms with Gasteiger partial charge in [-0.3, -0.25) is 4.79 Å². The van der Waals surface area contributed by atoms with Crippen molar-refractivity contribution in [3.63, 3.8) is 0 Å². The third kappa shape index (κ3) is 7.26. The molecule has 0 saturated heterocycles. The summed E-state index contributed by atoms with van der Waals surface area (Å²) in [4.78, 5) is 12.6. The van der Waals surface area contributed by atoms with Crippen molar-refractivity contribution in [1.29, 1.82) is 0 Å². The summed E-state index contributed by atoms with van der Waals surface area (Å²) in [5.74, 6) is 1.38. The van der Waals surface area contributed by atoms with Crippen molar-refractivity contribution in [3.8, 4) is 17.2 Å². The Morgan fingerprint density at radius 3 is 2.43 bits per heavy atom. The largest absolute Gasteiger partial charge is 0.488 e. The number of amides is 1. The lowest BCUT2D eigenvalue weighted by Gasteiger charge is -2.11. The van der Waals surface area contributed by atoms with Crippen molar-refractivity contribution in [2.45, 2.75) is 27.1 Å². The Balaban J connectivity index is 1.16. The van der Waals surface area contributed by atoms with Gasteiger partial charge in [0.25, 0.3) is 0 Å². The number of carbonyl (C=O) groups excluding carboxylic acids is 1. The van der Waals surface area contributed by atoms with Crippen LogP contribution in [0.3, 0.4) is 0 Å². The van der Waals surface area contributed by atoms with Crippen LogP contribution in [0, 0.1) is 13.8 Å². The SMILES string of the molecule is Cc1ccc(C)n1-c1ccc(OCc2ccc(C(=O)N/N=C/c3cc(Br)ccc3OCc3ccc(Cl)cc3Cl)o2)cc1. The van der Waals surface area contributed by atoms with E-state index < -0.39 is 5.91 Å². The molecule has 0 spiro atoms. The molecule has 1 N–H and O–H groups in total. The van der Waals surface area contributed by atoms with Gasteiger partial charge in [-0.1, -0.05) is 45.2 Å². The summed E-state index contributed by atoms with van der Waals surface area (Å²) in [6.07, 6.45) is 1.49. The Kier molecular flexibility index (Phi) is 9.37. The standard InChI is InChI=1S/C32H26BrCl2N3O4/c1-20-3-4-21(2)38(20)26-8-10-27(11-9-26)40-19-28-12-14-31(42-28)32(39)37-36-17-23-15-24(33)6-13-30(23)41-18-22-5-7-25(34)16-29(22)35/h3-17H,18-19H2,1-2H3,(H,37,39)/b36-17+. The van der Waals surface area contributed by atoms with Crippen molar-refractivity contribution < 1.29 is 18.7 Å². The number of benzene rings is 3. The molecule has 214 valence electrons. The van der Waals surface area contributed by atoms with Gasteiger partial charge in [-0.25, -0.2) is 5.43 Å². The van der Waals surface area contributed by atoms with E-state index in [-0.39, 0.29) is 19.0 Å². The van der Waals surface area contributed by atoms with Crippen LogP contribution in [0.1, 0.15) is 38.8 Å². The molecule has 2 heterocycles. The third-order valence-electron chi connectivity index (χ3n) is 6.37. The van der Waals surface area contributed by atoms with E-state index in [1.165, 1.54) is 6.21 Å². The maximum atomic E-state index is 12.6. The molecule has 0 aliphatic heterocycles. The first kappa shape index (κ1) is 29.5. The summed E-state index contributed by atoms with van der Waals surface area (Å²) >= 11 is 15.7. The summed E-state index contributed by atoms with van der Waals surface area (Å²) in [5, 5.41) is 5.15. The number of hydrazone groups is 1. The number of aromatic nitrogens is 1. The van der Waals surface area contributed by atoms with Crippen LogP contribution < -0.4 is 14.9 Å². The number of nitrogens with one attached hydrogen (secondary N) is 1. The minimum absolute atomic E-state index is 0.114. The minimum atomic E-state index is -0.496. The van der Waals surface area contributed by atoms with Gasteiger partial charge in [-0.05, 0) is 92.7 Å². The average molecular weight is 667 g/mol. The molecule has 0 saturated carbocycles. The lowest BCUT2D eigenvalue weighted by atomic mass is 10.2. The number of hydrogen-bond donors (Lipinski definition) is 1. The number of nitrogens with zero attached hydrogens (tertiary/aromatic N) is 2. The van der Waals surface area contributed by atoms with Crippen molar-refractivity contribution in [1.82, 2.24) is 9.99 Å². The molecule has 0 bridgehead atoms. The monoisotopic (exact) mass is 665 g/mol. The van der Waals surface area contributed by atoms with E-state index in [2.05, 4.69) is 57.0 Å². The van der Waals surface area contributed by atoms with E-state index in [4.69, 9.17) is 37.1 Å². The second-order valence-electron chi connectivity index (χ2n) is 9.41. The first-order chi connectivity index (χ1) is 20.3. The lowest BCUT2D eigenvalue weighted by Crippen LogP contribution is -2.17. The van der Waals surface area contributed by atoms with E-state index in [1.807, 2.05) is 42.5 Å². The molecule has 0 unspecified atom stereocenters. The van der Waals surface area contributed by atoms with E-state index in [0.717, 1.165) is 27.1 Å². The number of halogens is 3. The molecule has 10 heteroatoms. The molecule has 42 heavy (non-hydrogen) atoms. The van der Waals surface area contributed by atoms with Crippen molar-refractivity contribution in [3.05, 3.63) is 133 Å². The van der Waals surface area contributed by atoms with Crippen LogP contribution >= 0.6 is 39.1 Å². The van der Waals surface area contributed by atoms with Crippen LogP contribution in [-0.4, -0.2) is 16.7 Å². The highest BCUT2D eigenvalue weighted by atomic mass is 79.9. The van der Waals surface area contributed by atoms with Crippen LogP contribution in [0.4, 0.5) is 0 Å². The van der Waals surface area contributed by atoms with Crippen molar-refractivity contribution in [2.75, 3.05) is 0 Å². The molecular formula is C32H26BrCl2N3O4. The summed E-state index contributed by atoms with van der Waals surface area (Å²) in [5.41, 5.74) is 7.31. The van der Waals surface area contributed by atoms with Gasteiger partial charge in [-0.2, -0.15) is 5.10 Å². The Labute approximate surface area is 261 Å². The predicted octanol–water partition coefficient (Wildman–Crippen LogP) is 8.68. The zero-order chi connectivity index (χ0) is 29.6. The van der Waals surface area contributed by atoms with Crippen LogP contribution in [0.2, 0.25) is 10.0 Å². The first-order valence-corrected chi connectivity index (χ1v) is 14.5. The highest BCUT2D eigenvalue weighted by Crippen LogP contribution is 2.26. The molecule has 3 aromatic carbocycles. The molecular weight excluding hydrogens is 641 g/mol. The summed E-state index contributed by atoms with van der Waals surface area (Å²) in [6.45, 7) is 4.55. The fourth-order valence-electron chi connectivity index (χ4n) is 4.26. The van der Waals surface area contributed by atoms with Crippen LogP contribution in [0.25, 0.3) is 5.69 Å². The Bertz CT molecular complexity index is 1730. The van der Waals surface area contributed by atoms with Gasteiger partial charge in [0.05, 0.1) is 6.21 Å². The van der Waals surface area contributed by atoms with Crippen molar-refractivity contribution in [2.24, 2.45) is 5.10 Å². The van der Waals surface area contributed by atoms with Gasteiger partial charge in [0.2, 0.25) is 0 Å². The molecule has 1 amide bonds. The molecule has 2 aromatic heterocycles. The number of hydrogen-bond acceptors (Lipinski definition) is 5. The number of ether oxygens (including phenoxy) is 2. The first-order valence-electron chi connectivity index (χ1n) is 12.9. The zero-order valence-corrected chi connectivity index (χ0v) is 25.8. The van der Waals surface area contributed by atoms with Gasteiger partial charge in [0, 0.05) is 42.7 Å². The minimum Gasteiger partial charge on any atom is -0.488 e. The lowest BCUT2D eigenvalue weighted by molar-refractivity contribution is 0.0923. The van der Waals surface area contributed by atoms with E-state index in [9.17, 15) is 4.79 Å². The number of carbonyl (C=O) groups is 1. The maximum Gasteiger partial charge on any atom is 0.307 e. The molecule has 0 radical (unpaired) electrons. The highest BCUT2D eigenvalue weighted by Gasteiger charge is 2.12. The molecule has 0 fully saturated rings. The fourth-order valence-corrected chi connectivity index (χ4v) is 5.10. The quantitative estimate of drug-likeness (QED) is 0.120. The Hall–Kier alpha value is -3.98. The summed E-state index contributed by atoms with van der Waals surface area (Å²) < 4.78 is 20.5. The number of furan rings is 1. The molecule has 0 aliphatic carbocycles. The molecule has 0 aliphatic rings. The third-order valence-corrected chi connectivity index (χ3v) is 7.45. The number of rotatable bonds is 10.